The Hall–Kier alpha value is -0.620. The largest absolute Gasteiger partial charge is 0.403 e. The van der Waals surface area contributed by atoms with E-state index < -0.39 is 29.7 Å². The minimum absolute atomic E-state index is 0.0127. The maximum atomic E-state index is 12.6. The van der Waals surface area contributed by atoms with Gasteiger partial charge in [0.1, 0.15) is 11.8 Å². The molecule has 1 aliphatic heterocycles. The van der Waals surface area contributed by atoms with Gasteiger partial charge in [0, 0.05) is 19.1 Å². The lowest BCUT2D eigenvalue weighted by atomic mass is 9.77. The zero-order valence-electron chi connectivity index (χ0n) is 11.1. The van der Waals surface area contributed by atoms with Crippen molar-refractivity contribution in [3.63, 3.8) is 0 Å². The highest BCUT2D eigenvalue weighted by atomic mass is 19.4. The molecule has 0 saturated carbocycles. The van der Waals surface area contributed by atoms with Crippen molar-refractivity contribution in [2.24, 2.45) is 11.3 Å². The number of alkyl halides is 3. The SMILES string of the molecule is COC1CC(C(F)(F)F)NCC1C(=O)C(C)(C)C. The number of hydrogen-bond acceptors (Lipinski definition) is 3. The molecule has 3 unspecified atom stereocenters. The van der Waals surface area contributed by atoms with Crippen LogP contribution in [0.2, 0.25) is 0 Å². The Labute approximate surface area is 105 Å². The summed E-state index contributed by atoms with van der Waals surface area (Å²) in [5.74, 6) is -0.587. The smallest absolute Gasteiger partial charge is 0.381 e. The van der Waals surface area contributed by atoms with Crippen LogP contribution in [0.5, 0.6) is 0 Å². The maximum Gasteiger partial charge on any atom is 0.403 e. The first-order valence-corrected chi connectivity index (χ1v) is 5.94. The fraction of sp³-hybridized carbons (Fsp3) is 0.917. The van der Waals surface area contributed by atoms with Gasteiger partial charge in [0.05, 0.1) is 12.0 Å². The molecule has 0 bridgehead atoms. The number of hydrogen-bond donors (Lipinski definition) is 1. The van der Waals surface area contributed by atoms with Gasteiger partial charge >= 0.3 is 6.18 Å². The van der Waals surface area contributed by atoms with Gasteiger partial charge in [-0.1, -0.05) is 20.8 Å². The molecular weight excluding hydrogens is 247 g/mol. The molecule has 1 aliphatic rings. The standard InChI is InChI=1S/C12H20F3NO2/c1-11(2,3)10(17)7-6-16-9(12(13,14)15)5-8(7)18-4/h7-9,16H,5-6H2,1-4H3. The van der Waals surface area contributed by atoms with Crippen molar-refractivity contribution in [2.45, 2.75) is 45.5 Å². The Kier molecular flexibility index (Phi) is 4.43. The van der Waals surface area contributed by atoms with Crippen LogP contribution in [0.1, 0.15) is 27.2 Å². The van der Waals surface area contributed by atoms with E-state index in [4.69, 9.17) is 4.74 Å². The zero-order valence-corrected chi connectivity index (χ0v) is 11.1. The van der Waals surface area contributed by atoms with E-state index in [1.54, 1.807) is 20.8 Å². The van der Waals surface area contributed by atoms with Crippen molar-refractivity contribution < 1.29 is 22.7 Å². The molecule has 106 valence electrons. The van der Waals surface area contributed by atoms with E-state index in [1.165, 1.54) is 7.11 Å². The minimum atomic E-state index is -4.30. The average molecular weight is 267 g/mol. The first-order chi connectivity index (χ1) is 8.07. The summed E-state index contributed by atoms with van der Waals surface area (Å²) in [6.07, 6.45) is -5.19. The molecular formula is C12H20F3NO2. The number of piperidine rings is 1. The lowest BCUT2D eigenvalue weighted by Gasteiger charge is -2.38. The number of carbonyl (C=O) groups excluding carboxylic acids is 1. The lowest BCUT2D eigenvalue weighted by Crippen LogP contribution is -2.56. The van der Waals surface area contributed by atoms with Gasteiger partial charge in [0.25, 0.3) is 0 Å². The Morgan fingerprint density at radius 2 is 1.83 bits per heavy atom. The first-order valence-electron chi connectivity index (χ1n) is 5.94. The van der Waals surface area contributed by atoms with Crippen LogP contribution >= 0.6 is 0 Å². The van der Waals surface area contributed by atoms with Gasteiger partial charge in [0.15, 0.2) is 0 Å². The van der Waals surface area contributed by atoms with E-state index in [9.17, 15) is 18.0 Å². The predicted octanol–water partition coefficient (Wildman–Crippen LogP) is 2.16. The second kappa shape index (κ2) is 5.17. The minimum Gasteiger partial charge on any atom is -0.381 e. The molecule has 0 amide bonds. The number of carbonyl (C=O) groups is 1. The fourth-order valence-electron chi connectivity index (χ4n) is 2.21. The van der Waals surface area contributed by atoms with Gasteiger partial charge in [-0.15, -0.1) is 0 Å². The quantitative estimate of drug-likeness (QED) is 0.833. The number of nitrogens with one attached hydrogen (secondary N) is 1. The molecule has 0 aromatic carbocycles. The van der Waals surface area contributed by atoms with Crippen molar-refractivity contribution in [1.29, 1.82) is 0 Å². The number of ketones is 1. The van der Waals surface area contributed by atoms with Crippen molar-refractivity contribution in [3.8, 4) is 0 Å². The van der Waals surface area contributed by atoms with E-state index in [1.807, 2.05) is 0 Å². The molecule has 6 heteroatoms. The average Bonchev–Trinajstić information content (AvgIpc) is 2.24. The van der Waals surface area contributed by atoms with E-state index in [0.29, 0.717) is 0 Å². The maximum absolute atomic E-state index is 12.6. The van der Waals surface area contributed by atoms with Gasteiger partial charge in [-0.2, -0.15) is 13.2 Å². The predicted molar refractivity (Wildman–Crippen MR) is 61.2 cm³/mol. The summed E-state index contributed by atoms with van der Waals surface area (Å²) in [4.78, 5) is 12.1. The fourth-order valence-corrected chi connectivity index (χ4v) is 2.21. The Morgan fingerprint density at radius 1 is 1.28 bits per heavy atom. The third kappa shape index (κ3) is 3.45. The van der Waals surface area contributed by atoms with Gasteiger partial charge in [-0.25, -0.2) is 0 Å². The normalized spacial score (nSPS) is 30.3. The molecule has 1 fully saturated rings. The molecule has 0 aliphatic carbocycles. The Bertz CT molecular complexity index is 309. The molecule has 3 atom stereocenters. The van der Waals surface area contributed by atoms with E-state index >= 15 is 0 Å². The molecule has 0 spiro atoms. The molecule has 1 N–H and O–H groups in total. The van der Waals surface area contributed by atoms with Crippen LogP contribution in [0.15, 0.2) is 0 Å². The lowest BCUT2D eigenvalue weighted by molar-refractivity contribution is -0.176. The summed E-state index contributed by atoms with van der Waals surface area (Å²) in [6, 6.07) is -1.59. The first kappa shape index (κ1) is 15.4. The van der Waals surface area contributed by atoms with Crippen molar-refractivity contribution >= 4 is 5.78 Å². The Morgan fingerprint density at radius 3 is 2.22 bits per heavy atom. The molecule has 1 heterocycles. The number of methoxy groups -OCH3 is 1. The van der Waals surface area contributed by atoms with Gasteiger partial charge in [0.2, 0.25) is 0 Å². The van der Waals surface area contributed by atoms with E-state index in [0.717, 1.165) is 0 Å². The van der Waals surface area contributed by atoms with Crippen LogP contribution in [0.25, 0.3) is 0 Å². The topological polar surface area (TPSA) is 38.3 Å². The van der Waals surface area contributed by atoms with Crippen LogP contribution in [-0.2, 0) is 9.53 Å². The number of ether oxygens (including phenoxy) is 1. The second-order valence-electron chi connectivity index (χ2n) is 5.73. The Balaban J connectivity index is 2.79. The van der Waals surface area contributed by atoms with Crippen LogP contribution < -0.4 is 5.32 Å². The number of Topliss-reactive ketones (excluding diaryl/α,β-unsaturated/α-hetero) is 1. The van der Waals surface area contributed by atoms with Gasteiger partial charge in [-0.05, 0) is 6.42 Å². The third-order valence-corrected chi connectivity index (χ3v) is 3.27. The summed E-state index contributed by atoms with van der Waals surface area (Å²) < 4.78 is 42.9. The van der Waals surface area contributed by atoms with Crippen LogP contribution in [-0.4, -0.2) is 37.8 Å². The van der Waals surface area contributed by atoms with Gasteiger partial charge in [-0.3, -0.25) is 4.79 Å². The van der Waals surface area contributed by atoms with Crippen molar-refractivity contribution in [2.75, 3.05) is 13.7 Å². The van der Waals surface area contributed by atoms with Crippen LogP contribution in [0.3, 0.4) is 0 Å². The molecule has 0 aromatic rings. The molecule has 0 aromatic heterocycles. The second-order valence-corrected chi connectivity index (χ2v) is 5.73. The monoisotopic (exact) mass is 267 g/mol. The van der Waals surface area contributed by atoms with Crippen molar-refractivity contribution in [3.05, 3.63) is 0 Å². The molecule has 1 saturated heterocycles. The van der Waals surface area contributed by atoms with E-state index in [-0.39, 0.29) is 18.7 Å². The highest BCUT2D eigenvalue weighted by molar-refractivity contribution is 5.86. The third-order valence-electron chi connectivity index (χ3n) is 3.27. The summed E-state index contributed by atoms with van der Waals surface area (Å²) in [7, 11) is 1.35. The molecule has 18 heavy (non-hydrogen) atoms. The van der Waals surface area contributed by atoms with Crippen LogP contribution in [0, 0.1) is 11.3 Å². The molecule has 1 rings (SSSR count). The summed E-state index contributed by atoms with van der Waals surface area (Å²) in [5.41, 5.74) is -0.575. The van der Waals surface area contributed by atoms with Crippen molar-refractivity contribution in [1.82, 2.24) is 5.32 Å². The molecule has 0 radical (unpaired) electrons. The van der Waals surface area contributed by atoms with Crippen LogP contribution in [0.4, 0.5) is 13.2 Å². The highest BCUT2D eigenvalue weighted by Crippen LogP contribution is 2.32. The summed E-state index contributed by atoms with van der Waals surface area (Å²) in [6.45, 7) is 5.30. The van der Waals surface area contributed by atoms with Gasteiger partial charge < -0.3 is 10.1 Å². The zero-order chi connectivity index (χ0) is 14.1. The summed E-state index contributed by atoms with van der Waals surface area (Å²) in [5, 5.41) is 2.40. The number of halogens is 3. The number of rotatable bonds is 2. The highest BCUT2D eigenvalue weighted by Gasteiger charge is 2.47. The summed E-state index contributed by atoms with van der Waals surface area (Å²) >= 11 is 0. The van der Waals surface area contributed by atoms with E-state index in [2.05, 4.69) is 5.32 Å². The molecule has 3 nitrogen and oxygen atoms in total.